The minimum absolute atomic E-state index is 0.0175. The zero-order valence-corrected chi connectivity index (χ0v) is 22.1. The van der Waals surface area contributed by atoms with E-state index in [1.165, 1.54) is 0 Å². The van der Waals surface area contributed by atoms with Gasteiger partial charge in [-0.1, -0.05) is 134 Å². The molecule has 0 N–H and O–H groups in total. The molecule has 0 radical (unpaired) electrons. The van der Waals surface area contributed by atoms with Crippen LogP contribution in [-0.4, -0.2) is 23.1 Å². The van der Waals surface area contributed by atoms with Gasteiger partial charge in [0.25, 0.3) is 0 Å². The highest BCUT2D eigenvalue weighted by molar-refractivity contribution is 7.71. The van der Waals surface area contributed by atoms with Gasteiger partial charge >= 0.3 is 0 Å². The fraction of sp³-hybridized carbons (Fsp3) is 0. The maximum atomic E-state index is 13.9. The van der Waals surface area contributed by atoms with Crippen LogP contribution in [0, 0.1) is 4.51 Å². The van der Waals surface area contributed by atoms with Crippen LogP contribution < -0.4 is 0 Å². The van der Waals surface area contributed by atoms with E-state index < -0.39 is 23.1 Å². The van der Waals surface area contributed by atoms with Crippen LogP contribution in [0.1, 0.15) is 62.3 Å². The van der Waals surface area contributed by atoms with E-state index >= 15 is 0 Å². The normalized spacial score (nSPS) is 10.6. The Morgan fingerprint density at radius 2 is 0.667 bits per heavy atom. The molecule has 4 nitrogen and oxygen atoms in total. The van der Waals surface area contributed by atoms with Crippen molar-refractivity contribution in [3.63, 3.8) is 0 Å². The van der Waals surface area contributed by atoms with Crippen LogP contribution in [0.15, 0.2) is 121 Å². The van der Waals surface area contributed by atoms with Crippen molar-refractivity contribution in [2.75, 3.05) is 0 Å². The van der Waals surface area contributed by atoms with Crippen molar-refractivity contribution < 1.29 is 19.2 Å². The van der Waals surface area contributed by atoms with Gasteiger partial charge in [0.05, 0.1) is 25.4 Å². The van der Waals surface area contributed by atoms with Gasteiger partial charge in [0.1, 0.15) is 0 Å². The summed E-state index contributed by atoms with van der Waals surface area (Å²) in [6.07, 6.45) is 0. The van der Waals surface area contributed by atoms with Crippen molar-refractivity contribution in [2.45, 2.75) is 0 Å². The van der Waals surface area contributed by atoms with Crippen LogP contribution in [0.25, 0.3) is 0 Å². The van der Waals surface area contributed by atoms with Crippen LogP contribution in [0.4, 0.5) is 0 Å². The third-order valence-corrected chi connectivity index (χ3v) is 7.72. The van der Waals surface area contributed by atoms with Gasteiger partial charge in [0, 0.05) is 22.3 Å². The molecule has 0 aliphatic carbocycles. The van der Waals surface area contributed by atoms with Crippen LogP contribution in [0.5, 0.6) is 0 Å². The van der Waals surface area contributed by atoms with Gasteiger partial charge in [-0.05, 0) is 0 Å². The van der Waals surface area contributed by atoms with Gasteiger partial charge in [0.2, 0.25) is 11.6 Å². The number of hydrogen-bond donors (Lipinski definition) is 0. The highest BCUT2D eigenvalue weighted by atomic mass is 32.1. The second-order valence-corrected chi connectivity index (χ2v) is 10.0. The molecule has 0 spiro atoms. The molecule has 6 heteroatoms. The fourth-order valence-electron chi connectivity index (χ4n) is 4.18. The van der Waals surface area contributed by atoms with Gasteiger partial charge < -0.3 is 0 Å². The molecule has 0 aliphatic rings. The van der Waals surface area contributed by atoms with E-state index in [1.54, 1.807) is 121 Å². The molecule has 4 aromatic carbocycles. The van der Waals surface area contributed by atoms with Gasteiger partial charge in [-0.25, -0.2) is 0 Å². The maximum Gasteiger partial charge on any atom is 0.203 e. The van der Waals surface area contributed by atoms with E-state index in [0.29, 0.717) is 22.3 Å². The third kappa shape index (κ3) is 5.21. The molecular formula is C33H20O4S2. The average Bonchev–Trinajstić information content (AvgIpc) is 3.01. The molecule has 0 fully saturated rings. The Bertz CT molecular complexity index is 1630. The highest BCUT2D eigenvalue weighted by Gasteiger charge is 2.31. The number of benzene rings is 4. The average molecular weight is 545 g/mol. The lowest BCUT2D eigenvalue weighted by Crippen LogP contribution is -2.18. The summed E-state index contributed by atoms with van der Waals surface area (Å²) in [7, 11) is 0. The minimum atomic E-state index is -0.489. The maximum absolute atomic E-state index is 13.9. The molecule has 5 aromatic rings. The second kappa shape index (κ2) is 11.4. The van der Waals surface area contributed by atoms with Crippen LogP contribution in [0.3, 0.4) is 0 Å². The van der Waals surface area contributed by atoms with E-state index in [-0.39, 0.29) is 25.4 Å². The number of ketones is 4. The molecule has 0 bridgehead atoms. The molecule has 0 saturated heterocycles. The minimum Gasteiger partial charge on any atom is -0.288 e. The van der Waals surface area contributed by atoms with E-state index in [9.17, 15) is 19.2 Å². The molecule has 0 saturated carbocycles. The van der Waals surface area contributed by atoms with E-state index in [0.717, 1.165) is 11.3 Å². The number of hydrogen-bond acceptors (Lipinski definition) is 6. The van der Waals surface area contributed by atoms with Gasteiger partial charge in [-0.15, -0.1) is 11.3 Å². The fourth-order valence-corrected chi connectivity index (χ4v) is 5.91. The van der Waals surface area contributed by atoms with Crippen molar-refractivity contribution in [3.8, 4) is 0 Å². The molecule has 0 aliphatic heterocycles. The summed E-state index contributed by atoms with van der Waals surface area (Å²) >= 11 is 6.65. The van der Waals surface area contributed by atoms with Crippen LogP contribution in [0.2, 0.25) is 0 Å². The number of carbonyl (C=O) groups excluding carboxylic acids is 4. The lowest BCUT2D eigenvalue weighted by atomic mass is 9.94. The summed E-state index contributed by atoms with van der Waals surface area (Å²) < 4.78 is -0.116. The third-order valence-electron chi connectivity index (χ3n) is 6.12. The van der Waals surface area contributed by atoms with Crippen molar-refractivity contribution in [3.05, 3.63) is 169 Å². The van der Waals surface area contributed by atoms with Crippen LogP contribution in [-0.2, 0) is 0 Å². The number of rotatable bonds is 8. The Morgan fingerprint density at radius 3 is 0.949 bits per heavy atom. The molecule has 1 aromatic heterocycles. The van der Waals surface area contributed by atoms with Crippen molar-refractivity contribution >= 4 is 46.7 Å². The summed E-state index contributed by atoms with van der Waals surface area (Å²) in [6, 6.07) is 33.9. The highest BCUT2D eigenvalue weighted by Crippen LogP contribution is 2.33. The Morgan fingerprint density at radius 1 is 0.410 bits per heavy atom. The monoisotopic (exact) mass is 544 g/mol. The lowest BCUT2D eigenvalue weighted by Gasteiger charge is -2.15. The Balaban J connectivity index is 1.84. The van der Waals surface area contributed by atoms with Crippen molar-refractivity contribution in [2.24, 2.45) is 0 Å². The Hall–Kier alpha value is -4.65. The van der Waals surface area contributed by atoms with E-state index in [2.05, 4.69) is 0 Å². The zero-order valence-electron chi connectivity index (χ0n) is 20.5. The second-order valence-electron chi connectivity index (χ2n) is 8.62. The first-order valence-electron chi connectivity index (χ1n) is 12.1. The van der Waals surface area contributed by atoms with Gasteiger partial charge in [-0.3, -0.25) is 19.2 Å². The largest absolute Gasteiger partial charge is 0.288 e. The molecule has 0 amide bonds. The smallest absolute Gasteiger partial charge is 0.203 e. The predicted octanol–water partition coefficient (Wildman–Crippen LogP) is 7.40. The summed E-state index contributed by atoms with van der Waals surface area (Å²) in [5.74, 6) is -1.88. The first-order chi connectivity index (χ1) is 19.0. The first kappa shape index (κ1) is 26.0. The lowest BCUT2D eigenvalue weighted by molar-refractivity contribution is 0.0998. The van der Waals surface area contributed by atoms with E-state index in [1.807, 2.05) is 0 Å². The van der Waals surface area contributed by atoms with E-state index in [4.69, 9.17) is 12.2 Å². The quantitative estimate of drug-likeness (QED) is 0.150. The summed E-state index contributed by atoms with van der Waals surface area (Å²) in [5, 5.41) is 0. The molecule has 39 heavy (non-hydrogen) atoms. The molecule has 188 valence electrons. The molecule has 0 atom stereocenters. The summed E-state index contributed by atoms with van der Waals surface area (Å²) in [6.45, 7) is 0. The van der Waals surface area contributed by atoms with Crippen molar-refractivity contribution in [1.82, 2.24) is 0 Å². The summed E-state index contributed by atoms with van der Waals surface area (Å²) in [5.41, 5.74) is 1.20. The van der Waals surface area contributed by atoms with Crippen molar-refractivity contribution in [1.29, 1.82) is 0 Å². The molecular weight excluding hydrogens is 524 g/mol. The van der Waals surface area contributed by atoms with Gasteiger partial charge in [-0.2, -0.15) is 0 Å². The number of carbonyl (C=O) groups is 4. The zero-order chi connectivity index (χ0) is 27.4. The Kier molecular flexibility index (Phi) is 7.59. The molecule has 5 rings (SSSR count). The topological polar surface area (TPSA) is 68.3 Å². The molecule has 0 unspecified atom stereocenters. The molecule has 1 heterocycles. The standard InChI is InChI=1S/C33H20O4S2/c34-27(21-13-5-1-6-14-21)25-31(38)26(28(35)22-15-7-2-8-16-22)33(30(37)24-19-11-4-12-20-24)39-32(25)29(36)23-17-9-3-10-18-23/h1-20H. The first-order valence-corrected chi connectivity index (χ1v) is 13.3. The predicted molar refractivity (Wildman–Crippen MR) is 155 cm³/mol. The SMILES string of the molecule is O=C(c1ccccc1)c1sc(C(=O)c2ccccc2)c(C(=O)c2ccccc2)c(=S)c1C(=O)c1ccccc1. The Labute approximate surface area is 234 Å². The van der Waals surface area contributed by atoms with Gasteiger partial charge in [0.15, 0.2) is 11.6 Å². The van der Waals surface area contributed by atoms with Crippen LogP contribution >= 0.6 is 23.6 Å². The summed E-state index contributed by atoms with van der Waals surface area (Å²) in [4.78, 5) is 55.5.